The molecule has 2 heterocycles. The Bertz CT molecular complexity index is 1050. The van der Waals surface area contributed by atoms with Gasteiger partial charge in [0.1, 0.15) is 5.69 Å². The van der Waals surface area contributed by atoms with Crippen LogP contribution in [0.5, 0.6) is 0 Å². The third-order valence-electron chi connectivity index (χ3n) is 4.98. The third kappa shape index (κ3) is 4.09. The Morgan fingerprint density at radius 1 is 1.14 bits per heavy atom. The Morgan fingerprint density at radius 3 is 2.38 bits per heavy atom. The summed E-state index contributed by atoms with van der Waals surface area (Å²) in [6.07, 6.45) is 2.69. The number of amides is 1. The number of rotatable bonds is 5. The molecule has 3 aromatic rings. The number of anilines is 2. The molecule has 0 radical (unpaired) electrons. The van der Waals surface area contributed by atoms with Crippen molar-refractivity contribution < 1.29 is 13.6 Å². The number of aromatic nitrogens is 2. The highest BCUT2D eigenvalue weighted by molar-refractivity contribution is 7.15. The second-order valence-corrected chi connectivity index (χ2v) is 8.59. The van der Waals surface area contributed by atoms with E-state index in [4.69, 9.17) is 11.6 Å². The van der Waals surface area contributed by atoms with Gasteiger partial charge in [-0.1, -0.05) is 23.7 Å². The van der Waals surface area contributed by atoms with Gasteiger partial charge >= 0.3 is 0 Å². The zero-order valence-electron chi connectivity index (χ0n) is 15.4. The first kappa shape index (κ1) is 19.7. The topological polar surface area (TPSA) is 66.9 Å². The number of nitrogens with one attached hydrogen (secondary N) is 2. The van der Waals surface area contributed by atoms with Crippen LogP contribution >= 0.6 is 22.9 Å². The van der Waals surface area contributed by atoms with E-state index in [1.165, 1.54) is 11.3 Å². The van der Waals surface area contributed by atoms with Gasteiger partial charge in [0.25, 0.3) is 5.91 Å². The molecule has 1 aliphatic rings. The van der Waals surface area contributed by atoms with Gasteiger partial charge in [-0.25, -0.2) is 4.98 Å². The molecule has 4 rings (SSSR count). The summed E-state index contributed by atoms with van der Waals surface area (Å²) in [6, 6.07) is 9.59. The molecular formula is C20H17ClF2N4OS. The molecule has 0 unspecified atom stereocenters. The van der Waals surface area contributed by atoms with Gasteiger partial charge in [0.15, 0.2) is 5.13 Å². The molecule has 5 nitrogen and oxygen atoms in total. The fourth-order valence-electron chi connectivity index (χ4n) is 3.38. The van der Waals surface area contributed by atoms with Gasteiger partial charge in [-0.15, -0.1) is 11.3 Å². The molecular weight excluding hydrogens is 418 g/mol. The van der Waals surface area contributed by atoms with Crippen LogP contribution in [0.3, 0.4) is 0 Å². The van der Waals surface area contributed by atoms with E-state index in [2.05, 4.69) is 20.6 Å². The number of aryl methyl sites for hydroxylation is 1. The van der Waals surface area contributed by atoms with Crippen LogP contribution < -0.4 is 10.6 Å². The molecule has 2 aromatic heterocycles. The van der Waals surface area contributed by atoms with Gasteiger partial charge in [0.05, 0.1) is 5.54 Å². The number of hydrogen-bond acceptors (Lipinski definition) is 5. The monoisotopic (exact) mass is 434 g/mol. The molecule has 2 N–H and O–H groups in total. The first-order valence-electron chi connectivity index (χ1n) is 9.01. The highest BCUT2D eigenvalue weighted by atomic mass is 35.5. The summed E-state index contributed by atoms with van der Waals surface area (Å²) < 4.78 is 26.6. The summed E-state index contributed by atoms with van der Waals surface area (Å²) in [5.41, 5.74) is 1.04. The van der Waals surface area contributed by atoms with Crippen LogP contribution in [0.4, 0.5) is 19.6 Å². The highest BCUT2D eigenvalue weighted by Crippen LogP contribution is 2.42. The molecule has 1 saturated carbocycles. The summed E-state index contributed by atoms with van der Waals surface area (Å²) in [6.45, 7) is 1.78. The van der Waals surface area contributed by atoms with Crippen molar-refractivity contribution >= 4 is 39.7 Å². The normalized spacial score (nSPS) is 14.9. The van der Waals surface area contributed by atoms with Gasteiger partial charge in [-0.2, -0.15) is 13.8 Å². The van der Waals surface area contributed by atoms with E-state index in [9.17, 15) is 13.6 Å². The van der Waals surface area contributed by atoms with E-state index in [0.717, 1.165) is 37.0 Å². The maximum atomic E-state index is 13.3. The van der Waals surface area contributed by atoms with Crippen molar-refractivity contribution in [2.24, 2.45) is 0 Å². The van der Waals surface area contributed by atoms with Gasteiger partial charge in [0, 0.05) is 27.7 Å². The first-order chi connectivity index (χ1) is 13.8. The lowest BCUT2D eigenvalue weighted by Gasteiger charge is -2.43. The van der Waals surface area contributed by atoms with Crippen molar-refractivity contribution in [3.05, 3.63) is 69.5 Å². The van der Waals surface area contributed by atoms with Crippen molar-refractivity contribution in [3.63, 3.8) is 0 Å². The van der Waals surface area contributed by atoms with E-state index >= 15 is 0 Å². The van der Waals surface area contributed by atoms with Crippen molar-refractivity contribution in [2.75, 3.05) is 5.32 Å². The molecule has 0 saturated heterocycles. The van der Waals surface area contributed by atoms with Crippen molar-refractivity contribution in [3.8, 4) is 0 Å². The summed E-state index contributed by atoms with van der Waals surface area (Å²) in [7, 11) is 0. The lowest BCUT2D eigenvalue weighted by atomic mass is 9.71. The van der Waals surface area contributed by atoms with Gasteiger partial charge in [-0.05, 0) is 43.9 Å². The smallest absolute Gasteiger partial charge is 0.271 e. The second-order valence-electron chi connectivity index (χ2n) is 6.95. The maximum Gasteiger partial charge on any atom is 0.271 e. The largest absolute Gasteiger partial charge is 0.341 e. The Labute approximate surface area is 175 Å². The Morgan fingerprint density at radius 2 is 1.79 bits per heavy atom. The minimum absolute atomic E-state index is 0.173. The van der Waals surface area contributed by atoms with Crippen LogP contribution in [0.15, 0.2) is 36.4 Å². The number of nitrogens with zero attached hydrogens (tertiary/aromatic N) is 2. The van der Waals surface area contributed by atoms with Crippen LogP contribution in [0.25, 0.3) is 0 Å². The molecule has 0 aliphatic heterocycles. The van der Waals surface area contributed by atoms with E-state index in [1.54, 1.807) is 6.92 Å². The summed E-state index contributed by atoms with van der Waals surface area (Å²) in [4.78, 5) is 21.0. The molecule has 1 amide bonds. The third-order valence-corrected chi connectivity index (χ3v) is 6.12. The maximum absolute atomic E-state index is 13.3. The summed E-state index contributed by atoms with van der Waals surface area (Å²) in [5, 5.41) is 6.96. The summed E-state index contributed by atoms with van der Waals surface area (Å²) >= 11 is 7.21. The standard InChI is InChI=1S/C20H17ClF2N4OS/c1-11-17(26-19(29-11)24-14-9-15(22)25-16(23)10-14)18(28)27-20(7-2-8-20)12-3-5-13(21)6-4-12/h3-6,9-10H,2,7-8H2,1H3,(H,27,28)(H,24,25,26). The molecule has 29 heavy (non-hydrogen) atoms. The predicted octanol–water partition coefficient (Wildman–Crippen LogP) is 5.33. The first-order valence-corrected chi connectivity index (χ1v) is 10.2. The molecule has 9 heteroatoms. The van der Waals surface area contributed by atoms with Crippen LogP contribution in [0.2, 0.25) is 5.02 Å². The number of thiazole rings is 1. The zero-order chi connectivity index (χ0) is 20.6. The lowest BCUT2D eigenvalue weighted by Crippen LogP contribution is -2.51. The molecule has 1 fully saturated rings. The van der Waals surface area contributed by atoms with Crippen LogP contribution in [-0.4, -0.2) is 15.9 Å². The minimum atomic E-state index is -0.936. The zero-order valence-corrected chi connectivity index (χ0v) is 17.0. The molecule has 1 aromatic carbocycles. The Balaban J connectivity index is 1.54. The fraction of sp³-hybridized carbons (Fsp3) is 0.250. The number of carbonyl (C=O) groups is 1. The Kier molecular flexibility index (Phi) is 5.23. The average molecular weight is 435 g/mol. The van der Waals surface area contributed by atoms with E-state index in [1.807, 2.05) is 24.3 Å². The molecule has 0 spiro atoms. The SMILES string of the molecule is Cc1sc(Nc2cc(F)nc(F)c2)nc1C(=O)NC1(c2ccc(Cl)cc2)CCC1. The second kappa shape index (κ2) is 7.68. The number of pyridine rings is 1. The van der Waals surface area contributed by atoms with E-state index < -0.39 is 17.4 Å². The van der Waals surface area contributed by atoms with Crippen molar-refractivity contribution in [1.29, 1.82) is 0 Å². The quantitative estimate of drug-likeness (QED) is 0.532. The number of carbonyl (C=O) groups excluding carboxylic acids is 1. The molecule has 0 atom stereocenters. The number of halogens is 3. The minimum Gasteiger partial charge on any atom is -0.341 e. The van der Waals surface area contributed by atoms with Crippen molar-refractivity contribution in [2.45, 2.75) is 31.7 Å². The van der Waals surface area contributed by atoms with Gasteiger partial charge in [-0.3, -0.25) is 4.79 Å². The summed E-state index contributed by atoms with van der Waals surface area (Å²) in [5.74, 6) is -2.16. The molecule has 0 bridgehead atoms. The number of hydrogen-bond donors (Lipinski definition) is 2. The molecule has 1 aliphatic carbocycles. The lowest BCUT2D eigenvalue weighted by molar-refractivity contribution is 0.0818. The van der Waals surface area contributed by atoms with E-state index in [-0.39, 0.29) is 17.3 Å². The fourth-order valence-corrected chi connectivity index (χ4v) is 4.34. The van der Waals surface area contributed by atoms with Crippen molar-refractivity contribution in [1.82, 2.24) is 15.3 Å². The predicted molar refractivity (Wildman–Crippen MR) is 109 cm³/mol. The van der Waals surface area contributed by atoms with Gasteiger partial charge < -0.3 is 10.6 Å². The van der Waals surface area contributed by atoms with Gasteiger partial charge in [0.2, 0.25) is 11.9 Å². The molecule has 150 valence electrons. The highest BCUT2D eigenvalue weighted by Gasteiger charge is 2.40. The Hall–Kier alpha value is -2.58. The van der Waals surface area contributed by atoms with Crippen LogP contribution in [-0.2, 0) is 5.54 Å². The average Bonchev–Trinajstić information content (AvgIpc) is 2.98. The number of benzene rings is 1. The van der Waals surface area contributed by atoms with E-state index in [0.29, 0.717) is 15.0 Å². The van der Waals surface area contributed by atoms with Crippen LogP contribution in [0, 0.1) is 18.8 Å². The van der Waals surface area contributed by atoms with Crippen LogP contribution in [0.1, 0.15) is 40.2 Å².